The summed E-state index contributed by atoms with van der Waals surface area (Å²) in [5.41, 5.74) is 0.0664. The van der Waals surface area contributed by atoms with Crippen LogP contribution in [0.25, 0.3) is 0 Å². The molecule has 0 aliphatic carbocycles. The Labute approximate surface area is 272 Å². The van der Waals surface area contributed by atoms with Crippen molar-refractivity contribution in [3.8, 4) is 0 Å². The van der Waals surface area contributed by atoms with Crippen molar-refractivity contribution in [1.82, 2.24) is 15.6 Å². The summed E-state index contributed by atoms with van der Waals surface area (Å²) in [6, 6.07) is -1.29. The molecule has 0 spiro atoms. The minimum atomic E-state index is -1.29. The fourth-order valence-electron chi connectivity index (χ4n) is 3.63. The van der Waals surface area contributed by atoms with Gasteiger partial charge in [-0.15, -0.1) is 0 Å². The average Bonchev–Trinajstić information content (AvgIpc) is 3.05. The van der Waals surface area contributed by atoms with Crippen LogP contribution in [0.1, 0.15) is 74.5 Å². The van der Waals surface area contributed by atoms with Gasteiger partial charge in [0, 0.05) is 25.8 Å². The number of aliphatic hydroxyl groups excluding tert-OH is 2. The van der Waals surface area contributed by atoms with Crippen LogP contribution in [0.15, 0.2) is 85.3 Å². The maximum absolute atomic E-state index is 12.7. The molecule has 1 unspecified atom stereocenters. The molecule has 0 saturated heterocycles. The van der Waals surface area contributed by atoms with Crippen LogP contribution in [0.2, 0.25) is 0 Å². The molecule has 11 nitrogen and oxygen atoms in total. The zero-order chi connectivity index (χ0) is 33.8. The lowest BCUT2D eigenvalue weighted by molar-refractivity contribution is -0.613. The number of hydrogen-bond donors (Lipinski definition) is 4. The highest BCUT2D eigenvalue weighted by molar-refractivity contribution is 5.95. The van der Waals surface area contributed by atoms with Crippen molar-refractivity contribution in [3.63, 3.8) is 0 Å². The van der Waals surface area contributed by atoms with Crippen LogP contribution in [-0.2, 0) is 14.3 Å². The van der Waals surface area contributed by atoms with E-state index in [1.54, 1.807) is 0 Å². The maximum Gasteiger partial charge on any atom is 0.330 e. The lowest BCUT2D eigenvalue weighted by Crippen LogP contribution is -2.50. The number of amides is 2. The number of rotatable bonds is 23. The fourth-order valence-corrected chi connectivity index (χ4v) is 3.63. The van der Waals surface area contributed by atoms with E-state index in [2.05, 4.69) is 83.3 Å². The molecular weight excluding hydrogens is 588 g/mol. The Hall–Kier alpha value is -4.35. The largest absolute Gasteiger partial charge is 0.618 e. The summed E-state index contributed by atoms with van der Waals surface area (Å²) in [6.07, 6.45) is 33.7. The van der Waals surface area contributed by atoms with Gasteiger partial charge in [-0.1, -0.05) is 79.8 Å². The lowest BCUT2D eigenvalue weighted by Gasteiger charge is -2.19. The SMILES string of the molecule is CC/C=C\C/C=C\C/C=C\C/C=C\C/C=C\C/C=C\CCC(=O)NCC(NC(=O)c1c[n+]([O-])c(C)cn1)C(=O)OCC(CO)CO. The molecule has 0 aromatic carbocycles. The number of aryl methyl sites for hydroxylation is 1. The van der Waals surface area contributed by atoms with Crippen LogP contribution >= 0.6 is 0 Å². The summed E-state index contributed by atoms with van der Waals surface area (Å²) in [5, 5.41) is 35.3. The van der Waals surface area contributed by atoms with Gasteiger partial charge in [0.2, 0.25) is 17.8 Å². The maximum atomic E-state index is 12.7. The first-order valence-corrected chi connectivity index (χ1v) is 15.7. The zero-order valence-corrected chi connectivity index (χ0v) is 27.1. The van der Waals surface area contributed by atoms with Crippen LogP contribution in [0.5, 0.6) is 0 Å². The normalized spacial score (nSPS) is 12.9. The molecule has 0 aliphatic rings. The minimum absolute atomic E-state index is 0.171. The van der Waals surface area contributed by atoms with E-state index in [9.17, 15) is 29.8 Å². The number of nitrogens with one attached hydrogen (secondary N) is 2. The Kier molecular flexibility index (Phi) is 22.4. The van der Waals surface area contributed by atoms with Crippen molar-refractivity contribution < 1.29 is 34.1 Å². The average molecular weight is 639 g/mol. The van der Waals surface area contributed by atoms with E-state index in [-0.39, 0.29) is 36.9 Å². The Balaban J connectivity index is 2.40. The van der Waals surface area contributed by atoms with Gasteiger partial charge in [-0.2, -0.15) is 4.73 Å². The Bertz CT molecular complexity index is 1220. The van der Waals surface area contributed by atoms with Gasteiger partial charge in [0.1, 0.15) is 6.04 Å². The van der Waals surface area contributed by atoms with Crippen molar-refractivity contribution in [1.29, 1.82) is 0 Å². The summed E-state index contributed by atoms with van der Waals surface area (Å²) in [4.78, 5) is 41.6. The Morgan fingerprint density at radius 1 is 0.891 bits per heavy atom. The number of nitrogens with zero attached hydrogens (tertiary/aromatic N) is 2. The quantitative estimate of drug-likeness (QED) is 0.0607. The van der Waals surface area contributed by atoms with E-state index in [1.165, 1.54) is 13.1 Å². The Morgan fingerprint density at radius 3 is 1.91 bits per heavy atom. The number of ether oxygens (including phenoxy) is 1. The Morgan fingerprint density at radius 2 is 1.41 bits per heavy atom. The molecule has 1 atom stereocenters. The highest BCUT2D eigenvalue weighted by Gasteiger charge is 2.26. The van der Waals surface area contributed by atoms with Gasteiger partial charge < -0.3 is 30.8 Å². The minimum Gasteiger partial charge on any atom is -0.618 e. The standard InChI is InChI=1S/C35H50N4O7/c1-3-4-5-6-7-8-9-10-11-12-13-14-15-16-17-18-19-20-21-22-33(42)37-24-31(35(44)46-28-30(26-40)27-41)38-34(43)32-25-39(45)29(2)23-36-32/h4-5,7-8,10-11,13-14,16-17,19-20,23,25,30-31,40-41H,3,6,9,12,15,18,21-22,24,26-28H2,1-2H3,(H,37,42)(H,38,43)/b5-4-,8-7-,11-10-,14-13-,17-16-,20-19-. The van der Waals surface area contributed by atoms with Crippen molar-refractivity contribution in [2.24, 2.45) is 5.92 Å². The zero-order valence-electron chi connectivity index (χ0n) is 27.1. The molecule has 11 heteroatoms. The number of allylic oxidation sites excluding steroid dienone is 12. The van der Waals surface area contributed by atoms with Crippen molar-refractivity contribution in [2.45, 2.75) is 71.3 Å². The number of esters is 1. The highest BCUT2D eigenvalue weighted by atomic mass is 16.5. The van der Waals surface area contributed by atoms with Gasteiger partial charge in [-0.25, -0.2) is 9.78 Å². The second-order valence-corrected chi connectivity index (χ2v) is 10.4. The van der Waals surface area contributed by atoms with E-state index in [0.29, 0.717) is 11.2 Å². The molecule has 0 radical (unpaired) electrons. The van der Waals surface area contributed by atoms with Gasteiger partial charge in [0.05, 0.1) is 26.0 Å². The van der Waals surface area contributed by atoms with Crippen LogP contribution in [0.3, 0.4) is 0 Å². The first-order valence-electron chi connectivity index (χ1n) is 15.7. The van der Waals surface area contributed by atoms with Gasteiger partial charge in [-0.05, 0) is 44.9 Å². The first kappa shape index (κ1) is 39.7. The third-order valence-electron chi connectivity index (χ3n) is 6.42. The predicted molar refractivity (Wildman–Crippen MR) is 178 cm³/mol. The summed E-state index contributed by atoms with van der Waals surface area (Å²) < 4.78 is 5.59. The second-order valence-electron chi connectivity index (χ2n) is 10.4. The van der Waals surface area contributed by atoms with Gasteiger partial charge >= 0.3 is 5.97 Å². The van der Waals surface area contributed by atoms with E-state index < -0.39 is 37.0 Å². The molecular formula is C35H50N4O7. The van der Waals surface area contributed by atoms with E-state index in [0.717, 1.165) is 44.7 Å². The molecule has 0 bridgehead atoms. The summed E-state index contributed by atoms with van der Waals surface area (Å²) in [5.74, 6) is -2.70. The fraction of sp³-hybridized carbons (Fsp3) is 0.457. The summed E-state index contributed by atoms with van der Waals surface area (Å²) in [6.45, 7) is 2.31. The highest BCUT2D eigenvalue weighted by Crippen LogP contribution is 2.01. The molecule has 0 saturated carbocycles. The third-order valence-corrected chi connectivity index (χ3v) is 6.42. The topological polar surface area (TPSA) is 165 Å². The predicted octanol–water partition coefficient (Wildman–Crippen LogP) is 3.86. The van der Waals surface area contributed by atoms with Crippen molar-refractivity contribution in [3.05, 3.63) is 102 Å². The van der Waals surface area contributed by atoms with Crippen LogP contribution in [-0.4, -0.2) is 65.4 Å². The smallest absolute Gasteiger partial charge is 0.330 e. The number of carbonyl (C=O) groups is 3. The molecule has 0 fully saturated rings. The molecule has 4 N–H and O–H groups in total. The van der Waals surface area contributed by atoms with Crippen molar-refractivity contribution >= 4 is 17.8 Å². The third kappa shape index (κ3) is 19.1. The number of aliphatic hydroxyl groups is 2. The van der Waals surface area contributed by atoms with Gasteiger partial charge in [-0.3, -0.25) is 9.59 Å². The number of carbonyl (C=O) groups excluding carboxylic acids is 3. The summed E-state index contributed by atoms with van der Waals surface area (Å²) >= 11 is 0. The molecule has 1 rings (SSSR count). The van der Waals surface area contributed by atoms with Gasteiger partial charge in [0.15, 0.2) is 5.69 Å². The molecule has 46 heavy (non-hydrogen) atoms. The monoisotopic (exact) mass is 638 g/mol. The first-order chi connectivity index (χ1) is 22.3. The molecule has 1 aromatic heterocycles. The second kappa shape index (κ2) is 25.9. The van der Waals surface area contributed by atoms with E-state index >= 15 is 0 Å². The van der Waals surface area contributed by atoms with Gasteiger partial charge in [0.25, 0.3) is 5.91 Å². The lowest BCUT2D eigenvalue weighted by atomic mass is 10.2. The van der Waals surface area contributed by atoms with E-state index in [4.69, 9.17) is 4.74 Å². The number of aromatic nitrogens is 2. The van der Waals surface area contributed by atoms with Crippen LogP contribution in [0, 0.1) is 18.0 Å². The molecule has 1 aromatic rings. The van der Waals surface area contributed by atoms with Crippen LogP contribution in [0.4, 0.5) is 0 Å². The molecule has 2 amide bonds. The van der Waals surface area contributed by atoms with Crippen molar-refractivity contribution in [2.75, 3.05) is 26.4 Å². The summed E-state index contributed by atoms with van der Waals surface area (Å²) in [7, 11) is 0. The van der Waals surface area contributed by atoms with E-state index in [1.807, 2.05) is 12.2 Å². The van der Waals surface area contributed by atoms with Crippen LogP contribution < -0.4 is 15.4 Å². The molecule has 252 valence electrons. The molecule has 1 heterocycles. The molecule has 0 aliphatic heterocycles. The number of hydrogen-bond acceptors (Lipinski definition) is 8.